The average molecular weight is 415 g/mol. The van der Waals surface area contributed by atoms with Gasteiger partial charge < -0.3 is 24.8 Å². The van der Waals surface area contributed by atoms with Crippen LogP contribution in [0.25, 0.3) is 0 Å². The molecule has 8 heteroatoms. The number of nitrogens with zero attached hydrogens (tertiary/aromatic N) is 1. The van der Waals surface area contributed by atoms with Crippen molar-refractivity contribution in [3.05, 3.63) is 42.6 Å². The zero-order valence-electron chi connectivity index (χ0n) is 18.0. The van der Waals surface area contributed by atoms with Gasteiger partial charge in [-0.05, 0) is 44.9 Å². The topological polar surface area (TPSA) is 98.8 Å². The maximum atomic E-state index is 12.2. The third-order valence-corrected chi connectivity index (χ3v) is 3.68. The average Bonchev–Trinajstić information content (AvgIpc) is 2.67. The molecule has 2 aromatic rings. The van der Waals surface area contributed by atoms with E-state index in [0.29, 0.717) is 23.1 Å². The minimum absolute atomic E-state index is 0.0650. The van der Waals surface area contributed by atoms with Crippen molar-refractivity contribution in [2.45, 2.75) is 46.8 Å². The Morgan fingerprint density at radius 1 is 1.03 bits per heavy atom. The summed E-state index contributed by atoms with van der Waals surface area (Å²) in [6.45, 7) is 9.63. The molecule has 0 aliphatic rings. The second-order valence-corrected chi connectivity index (χ2v) is 7.48. The Morgan fingerprint density at radius 2 is 1.77 bits per heavy atom. The minimum Gasteiger partial charge on any atom is -0.491 e. The van der Waals surface area contributed by atoms with E-state index in [1.807, 2.05) is 39.8 Å². The third kappa shape index (κ3) is 7.98. The van der Waals surface area contributed by atoms with Crippen LogP contribution in [0, 0.1) is 5.92 Å². The smallest absolute Gasteiger partial charge is 0.407 e. The number of hydrogen-bond acceptors (Lipinski definition) is 6. The molecule has 0 unspecified atom stereocenters. The molecular formula is C22H29N3O5. The zero-order chi connectivity index (χ0) is 22.1. The van der Waals surface area contributed by atoms with Crippen molar-refractivity contribution >= 4 is 17.7 Å². The van der Waals surface area contributed by atoms with E-state index in [1.54, 1.807) is 31.2 Å². The highest BCUT2D eigenvalue weighted by molar-refractivity contribution is 5.96. The van der Waals surface area contributed by atoms with Crippen molar-refractivity contribution in [2.24, 2.45) is 5.92 Å². The fourth-order valence-corrected chi connectivity index (χ4v) is 2.30. The van der Waals surface area contributed by atoms with Gasteiger partial charge in [0.25, 0.3) is 0 Å². The molecule has 1 heterocycles. The Hall–Kier alpha value is -3.29. The molecule has 0 bridgehead atoms. The number of aromatic nitrogens is 1. The standard InChI is InChI=1S/C22H29N3O5/c1-14(2)13-28-22(27)24-16(5)21(26)25-17-9-10-20(23-12-17)30-19-8-6-7-18(11-19)29-15(3)4/h6-12,14-16H,13H2,1-5H3,(H,24,27)(H,25,26)/t16-/m1/s1. The van der Waals surface area contributed by atoms with Gasteiger partial charge in [0.15, 0.2) is 0 Å². The van der Waals surface area contributed by atoms with Gasteiger partial charge in [-0.3, -0.25) is 4.79 Å². The molecule has 0 spiro atoms. The molecule has 2 amide bonds. The van der Waals surface area contributed by atoms with Crippen LogP contribution in [-0.2, 0) is 9.53 Å². The second kappa shape index (κ2) is 11.0. The van der Waals surface area contributed by atoms with Gasteiger partial charge >= 0.3 is 6.09 Å². The van der Waals surface area contributed by atoms with E-state index in [-0.39, 0.29) is 24.5 Å². The van der Waals surface area contributed by atoms with E-state index in [9.17, 15) is 9.59 Å². The number of amides is 2. The molecule has 0 saturated carbocycles. The van der Waals surface area contributed by atoms with Crippen LogP contribution in [-0.4, -0.2) is 35.7 Å². The number of benzene rings is 1. The second-order valence-electron chi connectivity index (χ2n) is 7.48. The number of carbonyl (C=O) groups excluding carboxylic acids is 2. The van der Waals surface area contributed by atoms with Gasteiger partial charge in [0.1, 0.15) is 17.5 Å². The SMILES string of the molecule is CC(C)COC(=O)N[C@H](C)C(=O)Nc1ccc(Oc2cccc(OC(C)C)c2)nc1. The first-order valence-electron chi connectivity index (χ1n) is 9.87. The van der Waals surface area contributed by atoms with Crippen molar-refractivity contribution in [1.29, 1.82) is 0 Å². The van der Waals surface area contributed by atoms with Crippen molar-refractivity contribution < 1.29 is 23.8 Å². The molecule has 1 aromatic heterocycles. The van der Waals surface area contributed by atoms with Crippen molar-refractivity contribution in [3.8, 4) is 17.4 Å². The molecule has 0 radical (unpaired) electrons. The highest BCUT2D eigenvalue weighted by Gasteiger charge is 2.17. The fourth-order valence-electron chi connectivity index (χ4n) is 2.30. The highest BCUT2D eigenvalue weighted by atomic mass is 16.5. The summed E-state index contributed by atoms with van der Waals surface area (Å²) in [5.41, 5.74) is 0.480. The van der Waals surface area contributed by atoms with Crippen LogP contribution in [0.5, 0.6) is 17.4 Å². The Labute approximate surface area is 176 Å². The summed E-state index contributed by atoms with van der Waals surface area (Å²) in [5.74, 6) is 1.51. The van der Waals surface area contributed by atoms with Crippen LogP contribution in [0.15, 0.2) is 42.6 Å². The van der Waals surface area contributed by atoms with Crippen LogP contribution in [0.3, 0.4) is 0 Å². The lowest BCUT2D eigenvalue weighted by atomic mass is 10.2. The zero-order valence-corrected chi connectivity index (χ0v) is 18.0. The fraction of sp³-hybridized carbons (Fsp3) is 0.409. The lowest BCUT2D eigenvalue weighted by molar-refractivity contribution is -0.117. The van der Waals surface area contributed by atoms with E-state index >= 15 is 0 Å². The van der Waals surface area contributed by atoms with Gasteiger partial charge in [-0.25, -0.2) is 9.78 Å². The number of hydrogen-bond donors (Lipinski definition) is 2. The van der Waals surface area contributed by atoms with E-state index in [1.165, 1.54) is 6.20 Å². The van der Waals surface area contributed by atoms with E-state index < -0.39 is 12.1 Å². The summed E-state index contributed by atoms with van der Waals surface area (Å²) in [6.07, 6.45) is 0.915. The van der Waals surface area contributed by atoms with Crippen molar-refractivity contribution in [3.63, 3.8) is 0 Å². The number of ether oxygens (including phenoxy) is 3. The van der Waals surface area contributed by atoms with Crippen LogP contribution in [0.1, 0.15) is 34.6 Å². The number of anilines is 1. The largest absolute Gasteiger partial charge is 0.491 e. The van der Waals surface area contributed by atoms with Gasteiger partial charge in [-0.2, -0.15) is 0 Å². The van der Waals surface area contributed by atoms with Gasteiger partial charge in [0.2, 0.25) is 11.8 Å². The molecule has 0 fully saturated rings. The third-order valence-electron chi connectivity index (χ3n) is 3.68. The van der Waals surface area contributed by atoms with E-state index in [2.05, 4.69) is 15.6 Å². The molecule has 8 nitrogen and oxygen atoms in total. The number of pyridine rings is 1. The van der Waals surface area contributed by atoms with Gasteiger partial charge in [-0.1, -0.05) is 19.9 Å². The summed E-state index contributed by atoms with van der Waals surface area (Å²) in [7, 11) is 0. The summed E-state index contributed by atoms with van der Waals surface area (Å²) in [6, 6.07) is 9.82. The first-order chi connectivity index (χ1) is 14.2. The lowest BCUT2D eigenvalue weighted by Gasteiger charge is -2.15. The normalized spacial score (nSPS) is 11.7. The molecule has 162 valence electrons. The van der Waals surface area contributed by atoms with Crippen LogP contribution in [0.2, 0.25) is 0 Å². The Kier molecular flexibility index (Phi) is 8.46. The van der Waals surface area contributed by atoms with Crippen molar-refractivity contribution in [2.75, 3.05) is 11.9 Å². The highest BCUT2D eigenvalue weighted by Crippen LogP contribution is 2.25. The quantitative estimate of drug-likeness (QED) is 0.631. The molecule has 2 rings (SSSR count). The summed E-state index contributed by atoms with van der Waals surface area (Å²) in [4.78, 5) is 28.1. The van der Waals surface area contributed by atoms with Crippen LogP contribution >= 0.6 is 0 Å². The van der Waals surface area contributed by atoms with Gasteiger partial charge in [0, 0.05) is 12.1 Å². The van der Waals surface area contributed by atoms with Crippen LogP contribution in [0.4, 0.5) is 10.5 Å². The molecular weight excluding hydrogens is 386 g/mol. The van der Waals surface area contributed by atoms with Crippen molar-refractivity contribution in [1.82, 2.24) is 10.3 Å². The monoisotopic (exact) mass is 415 g/mol. The van der Waals surface area contributed by atoms with E-state index in [4.69, 9.17) is 14.2 Å². The van der Waals surface area contributed by atoms with Crippen LogP contribution < -0.4 is 20.1 Å². The first-order valence-corrected chi connectivity index (χ1v) is 9.87. The Balaban J connectivity index is 1.88. The summed E-state index contributed by atoms with van der Waals surface area (Å²) >= 11 is 0. The number of nitrogens with one attached hydrogen (secondary N) is 2. The molecule has 0 aliphatic heterocycles. The maximum absolute atomic E-state index is 12.2. The number of alkyl carbamates (subject to hydrolysis) is 1. The molecule has 30 heavy (non-hydrogen) atoms. The predicted molar refractivity (Wildman–Crippen MR) is 114 cm³/mol. The minimum atomic E-state index is -0.760. The molecule has 1 atom stereocenters. The summed E-state index contributed by atoms with van der Waals surface area (Å²) < 4.78 is 16.4. The van der Waals surface area contributed by atoms with Gasteiger partial charge in [-0.15, -0.1) is 0 Å². The Morgan fingerprint density at radius 3 is 2.40 bits per heavy atom. The molecule has 0 aliphatic carbocycles. The number of rotatable bonds is 9. The summed E-state index contributed by atoms with van der Waals surface area (Å²) in [5, 5.41) is 5.17. The molecule has 1 aromatic carbocycles. The molecule has 2 N–H and O–H groups in total. The Bertz CT molecular complexity index is 837. The molecule has 0 saturated heterocycles. The maximum Gasteiger partial charge on any atom is 0.407 e. The predicted octanol–water partition coefficient (Wildman–Crippen LogP) is 4.37. The number of carbonyl (C=O) groups is 2. The van der Waals surface area contributed by atoms with Gasteiger partial charge in [0.05, 0.1) is 24.6 Å². The first kappa shape index (κ1) is 23.0. The van der Waals surface area contributed by atoms with E-state index in [0.717, 1.165) is 0 Å². The lowest BCUT2D eigenvalue weighted by Crippen LogP contribution is -2.42.